The Hall–Kier alpha value is -0.610. The summed E-state index contributed by atoms with van der Waals surface area (Å²) in [4.78, 5) is 21.2. The molecule has 2 atom stereocenters. The quantitative estimate of drug-likeness (QED) is 0.447. The molecule has 11 heavy (non-hydrogen) atoms. The van der Waals surface area contributed by atoms with Gasteiger partial charge in [-0.15, -0.1) is 0 Å². The molecule has 4 nitrogen and oxygen atoms in total. The van der Waals surface area contributed by atoms with Crippen molar-refractivity contribution in [1.29, 1.82) is 0 Å². The lowest BCUT2D eigenvalue weighted by molar-refractivity contribution is -0.142. The van der Waals surface area contributed by atoms with Crippen LogP contribution in [0, 0.1) is 0 Å². The van der Waals surface area contributed by atoms with Gasteiger partial charge in [0.05, 0.1) is 6.42 Å². The maximum absolute atomic E-state index is 10.6. The van der Waals surface area contributed by atoms with Crippen LogP contribution in [0.5, 0.6) is 0 Å². The van der Waals surface area contributed by atoms with E-state index in [0.29, 0.717) is 0 Å². The summed E-state index contributed by atoms with van der Waals surface area (Å²) in [5, 5.41) is 8.43. The summed E-state index contributed by atoms with van der Waals surface area (Å²) < 4.78 is 4.54. The van der Waals surface area contributed by atoms with Gasteiger partial charge in [0.2, 0.25) is 0 Å². The molecular weight excluding hydrogens is 172 g/mol. The molecule has 1 fully saturated rings. The summed E-state index contributed by atoms with van der Waals surface area (Å²) in [6.07, 6.45) is -1.20. The topological polar surface area (TPSA) is 63.6 Å². The molecule has 0 amide bonds. The minimum absolute atomic E-state index is 0.351. The molecule has 5 heteroatoms. The van der Waals surface area contributed by atoms with E-state index < -0.39 is 22.9 Å². The van der Waals surface area contributed by atoms with Gasteiger partial charge in [-0.3, -0.25) is 9.59 Å². The summed E-state index contributed by atoms with van der Waals surface area (Å²) in [6.45, 7) is 1.42. The molecule has 1 saturated heterocycles. The number of hydrogen-bond acceptors (Lipinski definition) is 4. The van der Waals surface area contributed by atoms with Gasteiger partial charge >= 0.3 is 5.97 Å². The summed E-state index contributed by atoms with van der Waals surface area (Å²) in [5.41, 5.74) is -1.82. The summed E-state index contributed by atoms with van der Waals surface area (Å²) >= 11 is 5.06. The predicted octanol–water partition coefficient (Wildman–Crippen LogP) is -0.182. The Morgan fingerprint density at radius 2 is 2.45 bits per heavy atom. The highest BCUT2D eigenvalue weighted by Gasteiger charge is 2.50. The molecule has 1 aliphatic rings. The van der Waals surface area contributed by atoms with E-state index in [2.05, 4.69) is 4.74 Å². The molecule has 0 saturated carbocycles. The number of cyclic esters (lactones) is 1. The van der Waals surface area contributed by atoms with Gasteiger partial charge in [-0.05, 0) is 18.5 Å². The van der Waals surface area contributed by atoms with Gasteiger partial charge in [0.25, 0.3) is 5.24 Å². The third-order valence-electron chi connectivity index (χ3n) is 1.73. The molecule has 62 valence electrons. The maximum atomic E-state index is 10.6. The molecule has 0 spiro atoms. The zero-order valence-electron chi connectivity index (χ0n) is 5.83. The Labute approximate surface area is 68.1 Å². The molecule has 0 aromatic heterocycles. The van der Waals surface area contributed by atoms with Crippen molar-refractivity contribution in [3.8, 4) is 0 Å². The van der Waals surface area contributed by atoms with E-state index in [-0.39, 0.29) is 6.42 Å². The van der Waals surface area contributed by atoms with Gasteiger partial charge in [-0.1, -0.05) is 0 Å². The summed E-state index contributed by atoms with van der Waals surface area (Å²) in [7, 11) is 0. The van der Waals surface area contributed by atoms with E-state index in [1.165, 1.54) is 6.92 Å². The van der Waals surface area contributed by atoms with Crippen molar-refractivity contribution in [1.82, 2.24) is 0 Å². The van der Waals surface area contributed by atoms with Gasteiger partial charge in [0.1, 0.15) is 6.10 Å². The average Bonchev–Trinajstić information content (AvgIpc) is 2.08. The van der Waals surface area contributed by atoms with Crippen molar-refractivity contribution < 1.29 is 19.4 Å². The molecule has 1 aliphatic heterocycles. The summed E-state index contributed by atoms with van der Waals surface area (Å²) in [6, 6.07) is 0. The first-order valence-corrected chi connectivity index (χ1v) is 3.46. The Balaban J connectivity index is 2.87. The predicted molar refractivity (Wildman–Crippen MR) is 36.0 cm³/mol. The summed E-state index contributed by atoms with van der Waals surface area (Å²) in [5.74, 6) is -0.603. The van der Waals surface area contributed by atoms with E-state index in [1.807, 2.05) is 0 Å². The minimum Gasteiger partial charge on any atom is -0.459 e. The molecule has 0 aliphatic carbocycles. The zero-order chi connectivity index (χ0) is 8.65. The fourth-order valence-corrected chi connectivity index (χ4v) is 1.15. The van der Waals surface area contributed by atoms with Crippen LogP contribution in [-0.4, -0.2) is 28.0 Å². The van der Waals surface area contributed by atoms with Crippen LogP contribution in [0.15, 0.2) is 0 Å². The number of ether oxygens (including phenoxy) is 1. The number of esters is 1. The molecule has 1 N–H and O–H groups in total. The van der Waals surface area contributed by atoms with Gasteiger partial charge < -0.3 is 9.84 Å². The Morgan fingerprint density at radius 1 is 1.91 bits per heavy atom. The number of rotatable bonds is 1. The first-order chi connectivity index (χ1) is 4.97. The second-order valence-corrected chi connectivity index (χ2v) is 2.85. The second-order valence-electron chi connectivity index (χ2n) is 2.51. The van der Waals surface area contributed by atoms with Crippen molar-refractivity contribution in [2.24, 2.45) is 0 Å². The molecular formula is C6H7ClO4. The molecule has 1 rings (SSSR count). The average molecular weight is 179 g/mol. The third-order valence-corrected chi connectivity index (χ3v) is 2.06. The standard InChI is InChI=1S/C6H7ClO4/c1-3-6(10,5(7)9)2-4(8)11-3/h3,10H,2H2,1H3/t3-,6+/m1/s1. The lowest BCUT2D eigenvalue weighted by atomic mass is 9.99. The van der Waals surface area contributed by atoms with E-state index in [4.69, 9.17) is 11.6 Å². The fraction of sp³-hybridized carbons (Fsp3) is 0.667. The minimum atomic E-state index is -1.82. The number of hydrogen-bond donors (Lipinski definition) is 1. The van der Waals surface area contributed by atoms with Crippen molar-refractivity contribution >= 4 is 22.8 Å². The van der Waals surface area contributed by atoms with E-state index in [0.717, 1.165) is 0 Å². The lowest BCUT2D eigenvalue weighted by Gasteiger charge is -2.18. The van der Waals surface area contributed by atoms with E-state index >= 15 is 0 Å². The van der Waals surface area contributed by atoms with Crippen LogP contribution in [0.4, 0.5) is 0 Å². The second kappa shape index (κ2) is 2.46. The highest BCUT2D eigenvalue weighted by Crippen LogP contribution is 2.28. The van der Waals surface area contributed by atoms with Crippen molar-refractivity contribution in [3.05, 3.63) is 0 Å². The smallest absolute Gasteiger partial charge is 0.309 e. The van der Waals surface area contributed by atoms with Gasteiger partial charge in [0, 0.05) is 0 Å². The van der Waals surface area contributed by atoms with Crippen LogP contribution in [0.2, 0.25) is 0 Å². The Kier molecular flexibility index (Phi) is 1.90. The molecule has 1 heterocycles. The normalized spacial score (nSPS) is 37.0. The van der Waals surface area contributed by atoms with Gasteiger partial charge in [-0.25, -0.2) is 0 Å². The Morgan fingerprint density at radius 3 is 2.64 bits per heavy atom. The highest BCUT2D eigenvalue weighted by atomic mass is 35.5. The molecule has 0 unspecified atom stereocenters. The molecule has 0 bridgehead atoms. The number of carbonyl (C=O) groups is 2. The first-order valence-electron chi connectivity index (χ1n) is 3.08. The number of halogens is 1. The largest absolute Gasteiger partial charge is 0.459 e. The van der Waals surface area contributed by atoms with Crippen molar-refractivity contribution in [3.63, 3.8) is 0 Å². The van der Waals surface area contributed by atoms with Gasteiger partial charge in [0.15, 0.2) is 5.60 Å². The van der Waals surface area contributed by atoms with Crippen LogP contribution < -0.4 is 0 Å². The monoisotopic (exact) mass is 178 g/mol. The molecule has 0 aromatic rings. The lowest BCUT2D eigenvalue weighted by Crippen LogP contribution is -2.42. The van der Waals surface area contributed by atoms with Crippen molar-refractivity contribution in [2.75, 3.05) is 0 Å². The van der Waals surface area contributed by atoms with E-state index in [9.17, 15) is 14.7 Å². The zero-order valence-corrected chi connectivity index (χ0v) is 6.59. The maximum Gasteiger partial charge on any atom is 0.309 e. The first kappa shape index (κ1) is 8.49. The number of carbonyl (C=O) groups excluding carboxylic acids is 2. The SMILES string of the molecule is C[C@H]1OC(=O)C[C@@]1(O)C(=O)Cl. The fourth-order valence-electron chi connectivity index (χ4n) is 0.929. The van der Waals surface area contributed by atoms with Crippen LogP contribution in [0.3, 0.4) is 0 Å². The Bertz CT molecular complexity index is 215. The van der Waals surface area contributed by atoms with Crippen LogP contribution in [-0.2, 0) is 14.3 Å². The van der Waals surface area contributed by atoms with E-state index in [1.54, 1.807) is 0 Å². The van der Waals surface area contributed by atoms with Gasteiger partial charge in [-0.2, -0.15) is 0 Å². The van der Waals surface area contributed by atoms with Crippen LogP contribution in [0.1, 0.15) is 13.3 Å². The number of aliphatic hydroxyl groups is 1. The van der Waals surface area contributed by atoms with Crippen molar-refractivity contribution in [2.45, 2.75) is 25.0 Å². The molecule has 0 aromatic carbocycles. The highest BCUT2D eigenvalue weighted by molar-refractivity contribution is 6.65. The third kappa shape index (κ3) is 1.23. The van der Waals surface area contributed by atoms with Crippen LogP contribution in [0.25, 0.3) is 0 Å². The van der Waals surface area contributed by atoms with Crippen LogP contribution >= 0.6 is 11.6 Å². The molecule has 0 radical (unpaired) electrons.